The van der Waals surface area contributed by atoms with Gasteiger partial charge >= 0.3 is 0 Å². The van der Waals surface area contributed by atoms with Crippen LogP contribution in [0.1, 0.15) is 5.56 Å². The minimum absolute atomic E-state index is 0.167. The maximum absolute atomic E-state index is 14.1. The number of anilines is 1. The minimum atomic E-state index is -0.384. The van der Waals surface area contributed by atoms with Crippen LogP contribution in [0, 0.1) is 12.7 Å². The number of nitrogens with two attached hydrogens (primary N) is 1. The van der Waals surface area contributed by atoms with Gasteiger partial charge in [0.25, 0.3) is 0 Å². The van der Waals surface area contributed by atoms with E-state index in [4.69, 9.17) is 10.5 Å². The quantitative estimate of drug-likeness (QED) is 0.804. The van der Waals surface area contributed by atoms with Crippen molar-refractivity contribution in [2.45, 2.75) is 6.92 Å². The van der Waals surface area contributed by atoms with Gasteiger partial charge in [-0.15, -0.1) is 0 Å². The van der Waals surface area contributed by atoms with Crippen LogP contribution in [0.15, 0.2) is 36.4 Å². The van der Waals surface area contributed by atoms with Crippen molar-refractivity contribution in [3.63, 3.8) is 0 Å². The van der Waals surface area contributed by atoms with Gasteiger partial charge in [-0.05, 0) is 18.6 Å². The van der Waals surface area contributed by atoms with E-state index < -0.39 is 0 Å². The number of aryl methyl sites for hydroxylation is 1. The Kier molecular flexibility index (Phi) is 3.00. The van der Waals surface area contributed by atoms with Gasteiger partial charge in [0.15, 0.2) is 11.6 Å². The molecule has 2 aromatic rings. The summed E-state index contributed by atoms with van der Waals surface area (Å²) in [7, 11) is 1.43. The Balaban J connectivity index is 2.58. The molecule has 0 aliphatic rings. The Morgan fingerprint density at radius 3 is 2.35 bits per heavy atom. The SMILES string of the molecule is COc1cc(N)cc(-c2ccc(C)cc2)c1F. The summed E-state index contributed by atoms with van der Waals surface area (Å²) >= 11 is 0. The molecule has 0 saturated carbocycles. The summed E-state index contributed by atoms with van der Waals surface area (Å²) in [5.74, 6) is -0.217. The van der Waals surface area contributed by atoms with Gasteiger partial charge in [-0.3, -0.25) is 0 Å². The third-order valence-corrected chi connectivity index (χ3v) is 2.64. The van der Waals surface area contributed by atoms with Gasteiger partial charge in [0, 0.05) is 17.3 Å². The van der Waals surface area contributed by atoms with E-state index in [-0.39, 0.29) is 11.6 Å². The first-order valence-corrected chi connectivity index (χ1v) is 5.32. The molecule has 0 unspecified atom stereocenters. The van der Waals surface area contributed by atoms with Crippen LogP contribution in [0.4, 0.5) is 10.1 Å². The van der Waals surface area contributed by atoms with Crippen LogP contribution < -0.4 is 10.5 Å². The van der Waals surface area contributed by atoms with Crippen molar-refractivity contribution in [2.75, 3.05) is 12.8 Å². The predicted octanol–water partition coefficient (Wildman–Crippen LogP) is 3.39. The Bertz CT molecular complexity index is 535. The molecule has 0 fully saturated rings. The summed E-state index contributed by atoms with van der Waals surface area (Å²) in [5, 5.41) is 0. The van der Waals surface area contributed by atoms with Crippen LogP contribution >= 0.6 is 0 Å². The van der Waals surface area contributed by atoms with Gasteiger partial charge in [-0.2, -0.15) is 0 Å². The number of nitrogen functional groups attached to an aromatic ring is 1. The topological polar surface area (TPSA) is 35.2 Å². The van der Waals surface area contributed by atoms with Crippen molar-refractivity contribution < 1.29 is 9.13 Å². The highest BCUT2D eigenvalue weighted by Crippen LogP contribution is 2.31. The first kappa shape index (κ1) is 11.5. The summed E-state index contributed by atoms with van der Waals surface area (Å²) in [6.45, 7) is 1.99. The molecular weight excluding hydrogens is 217 g/mol. The van der Waals surface area contributed by atoms with Crippen LogP contribution in [0.3, 0.4) is 0 Å². The molecule has 0 amide bonds. The van der Waals surface area contributed by atoms with Gasteiger partial charge in [-0.25, -0.2) is 4.39 Å². The van der Waals surface area contributed by atoms with Crippen molar-refractivity contribution in [2.24, 2.45) is 0 Å². The molecule has 88 valence electrons. The predicted molar refractivity (Wildman–Crippen MR) is 67.5 cm³/mol. The zero-order valence-electron chi connectivity index (χ0n) is 9.83. The van der Waals surface area contributed by atoms with Crippen molar-refractivity contribution in [3.05, 3.63) is 47.8 Å². The first-order chi connectivity index (χ1) is 8.11. The molecule has 0 radical (unpaired) electrons. The van der Waals surface area contributed by atoms with Crippen molar-refractivity contribution in [3.8, 4) is 16.9 Å². The molecule has 3 heteroatoms. The summed E-state index contributed by atoms with van der Waals surface area (Å²) in [6.07, 6.45) is 0. The zero-order valence-corrected chi connectivity index (χ0v) is 9.83. The maximum atomic E-state index is 14.1. The highest BCUT2D eigenvalue weighted by Gasteiger charge is 2.11. The van der Waals surface area contributed by atoms with Crippen LogP contribution in [-0.2, 0) is 0 Å². The minimum Gasteiger partial charge on any atom is -0.494 e. The number of methoxy groups -OCH3 is 1. The van der Waals surface area contributed by atoms with E-state index in [1.807, 2.05) is 31.2 Å². The highest BCUT2D eigenvalue weighted by atomic mass is 19.1. The van der Waals surface area contributed by atoms with E-state index in [1.165, 1.54) is 13.2 Å². The highest BCUT2D eigenvalue weighted by molar-refractivity contribution is 5.70. The number of ether oxygens (including phenoxy) is 1. The molecule has 0 spiro atoms. The van der Waals surface area contributed by atoms with E-state index in [0.717, 1.165) is 11.1 Å². The first-order valence-electron chi connectivity index (χ1n) is 5.32. The summed E-state index contributed by atoms with van der Waals surface area (Å²) < 4.78 is 19.0. The lowest BCUT2D eigenvalue weighted by Gasteiger charge is -2.09. The van der Waals surface area contributed by atoms with Gasteiger partial charge in [0.05, 0.1) is 7.11 Å². The van der Waals surface area contributed by atoms with Crippen LogP contribution in [0.5, 0.6) is 5.75 Å². The van der Waals surface area contributed by atoms with Gasteiger partial charge in [0.2, 0.25) is 0 Å². The molecule has 0 aliphatic carbocycles. The van der Waals surface area contributed by atoms with Gasteiger partial charge in [0.1, 0.15) is 0 Å². The van der Waals surface area contributed by atoms with Crippen LogP contribution in [0.2, 0.25) is 0 Å². The second-order valence-corrected chi connectivity index (χ2v) is 3.95. The largest absolute Gasteiger partial charge is 0.494 e. The Morgan fingerprint density at radius 1 is 1.12 bits per heavy atom. The molecular formula is C14H14FNO. The monoisotopic (exact) mass is 231 g/mol. The molecule has 0 bridgehead atoms. The Morgan fingerprint density at radius 2 is 1.76 bits per heavy atom. The third-order valence-electron chi connectivity index (χ3n) is 2.64. The maximum Gasteiger partial charge on any atom is 0.173 e. The van der Waals surface area contributed by atoms with E-state index in [0.29, 0.717) is 11.3 Å². The molecule has 17 heavy (non-hydrogen) atoms. The van der Waals surface area contributed by atoms with E-state index in [9.17, 15) is 4.39 Å². The lowest BCUT2D eigenvalue weighted by molar-refractivity contribution is 0.387. The third kappa shape index (κ3) is 2.23. The second kappa shape index (κ2) is 4.45. The molecule has 0 atom stereocenters. The molecule has 2 nitrogen and oxygen atoms in total. The smallest absolute Gasteiger partial charge is 0.173 e. The molecule has 0 heterocycles. The number of hydrogen-bond acceptors (Lipinski definition) is 2. The molecule has 0 saturated heterocycles. The number of halogens is 1. The zero-order chi connectivity index (χ0) is 12.4. The number of rotatable bonds is 2. The van der Waals surface area contributed by atoms with Crippen molar-refractivity contribution in [1.29, 1.82) is 0 Å². The fourth-order valence-corrected chi connectivity index (χ4v) is 1.71. The second-order valence-electron chi connectivity index (χ2n) is 3.95. The summed E-state index contributed by atoms with van der Waals surface area (Å²) in [5.41, 5.74) is 8.59. The van der Waals surface area contributed by atoms with E-state index >= 15 is 0 Å². The van der Waals surface area contributed by atoms with E-state index in [2.05, 4.69) is 0 Å². The van der Waals surface area contributed by atoms with Crippen molar-refractivity contribution in [1.82, 2.24) is 0 Å². The van der Waals surface area contributed by atoms with Crippen molar-refractivity contribution >= 4 is 5.69 Å². The standard InChI is InChI=1S/C14H14FNO/c1-9-3-5-10(6-4-9)12-7-11(16)8-13(17-2)14(12)15/h3-8H,16H2,1-2H3. The fraction of sp³-hybridized carbons (Fsp3) is 0.143. The fourth-order valence-electron chi connectivity index (χ4n) is 1.71. The van der Waals surface area contributed by atoms with E-state index in [1.54, 1.807) is 6.07 Å². The molecule has 2 N–H and O–H groups in total. The average molecular weight is 231 g/mol. The lowest BCUT2D eigenvalue weighted by Crippen LogP contribution is -1.95. The lowest BCUT2D eigenvalue weighted by atomic mass is 10.0. The Hall–Kier alpha value is -2.03. The van der Waals surface area contributed by atoms with Gasteiger partial charge < -0.3 is 10.5 Å². The molecule has 2 aromatic carbocycles. The van der Waals surface area contributed by atoms with Crippen LogP contribution in [-0.4, -0.2) is 7.11 Å². The number of hydrogen-bond donors (Lipinski definition) is 1. The average Bonchev–Trinajstić information content (AvgIpc) is 2.33. The summed E-state index contributed by atoms with van der Waals surface area (Å²) in [6, 6.07) is 10.7. The number of benzene rings is 2. The summed E-state index contributed by atoms with van der Waals surface area (Å²) in [4.78, 5) is 0. The normalized spacial score (nSPS) is 10.3. The molecule has 0 aliphatic heterocycles. The van der Waals surface area contributed by atoms with Crippen LogP contribution in [0.25, 0.3) is 11.1 Å². The van der Waals surface area contributed by atoms with Gasteiger partial charge in [-0.1, -0.05) is 29.8 Å². The Labute approximate surface area is 99.8 Å². The molecule has 0 aromatic heterocycles. The molecule has 2 rings (SSSR count).